The normalized spacial score (nSPS) is 15.8. The smallest absolute Gasteiger partial charge is 0.303 e. The van der Waals surface area contributed by atoms with Gasteiger partial charge in [-0.15, -0.1) is 0 Å². The van der Waals surface area contributed by atoms with E-state index in [2.05, 4.69) is 13.8 Å². The first-order valence-corrected chi connectivity index (χ1v) is 13.4. The third kappa shape index (κ3) is 7.34. The molecular weight excluding hydrogens is 505 g/mol. The first-order valence-electron chi connectivity index (χ1n) is 13.4. The van der Waals surface area contributed by atoms with Crippen LogP contribution in [0.2, 0.25) is 0 Å². The molecule has 1 atom stereocenters. The van der Waals surface area contributed by atoms with Gasteiger partial charge in [0.05, 0.1) is 7.11 Å². The minimum Gasteiger partial charge on any atom is -0.497 e. The summed E-state index contributed by atoms with van der Waals surface area (Å²) < 4.78 is 55.5. The fourth-order valence-corrected chi connectivity index (χ4v) is 5.27. The maximum atomic E-state index is 15.4. The average molecular weight is 543 g/mol. The Balaban J connectivity index is 0.00000205. The van der Waals surface area contributed by atoms with Gasteiger partial charge in [-0.2, -0.15) is 0 Å². The van der Waals surface area contributed by atoms with E-state index in [1.54, 1.807) is 18.2 Å². The molecule has 210 valence electrons. The van der Waals surface area contributed by atoms with E-state index in [0.717, 1.165) is 24.8 Å². The van der Waals surface area contributed by atoms with Gasteiger partial charge in [-0.05, 0) is 89.8 Å². The first kappa shape index (κ1) is 30.1. The van der Waals surface area contributed by atoms with E-state index < -0.39 is 23.4 Å². The second kappa shape index (κ2) is 13.0. The minimum atomic E-state index is -0.983. The second-order valence-corrected chi connectivity index (χ2v) is 10.3. The van der Waals surface area contributed by atoms with Gasteiger partial charge in [0, 0.05) is 23.6 Å². The largest absolute Gasteiger partial charge is 0.497 e. The van der Waals surface area contributed by atoms with Crippen molar-refractivity contribution in [1.82, 2.24) is 0 Å². The van der Waals surface area contributed by atoms with Crippen LogP contribution in [0.1, 0.15) is 76.0 Å². The number of rotatable bonds is 9. The molecule has 39 heavy (non-hydrogen) atoms. The third-order valence-electron chi connectivity index (χ3n) is 7.27. The van der Waals surface area contributed by atoms with E-state index in [0.29, 0.717) is 16.9 Å². The van der Waals surface area contributed by atoms with Crippen LogP contribution in [-0.2, 0) is 17.8 Å². The fourth-order valence-electron chi connectivity index (χ4n) is 5.27. The highest BCUT2D eigenvalue weighted by molar-refractivity contribution is 5.71. The number of hydrogen-bond donors (Lipinski definition) is 1. The molecular formula is C32H37F3O4. The molecule has 7 heteroatoms. The standard InChI is InChI=1S/C30H31F3O4.C2H6/c1-30(2)10-4-5-26(30)24-13-19(17-37-22-12-18(6-9-29(34)35)11-20(31)14-22)28(33)16-23(24)25-15-21(36-3)7-8-27(25)32;1-2/h7-8,11-16,26H,4-6,9-10,17H2,1-3H3,(H,34,35);1-2H3. The van der Waals surface area contributed by atoms with E-state index >= 15 is 4.39 Å². The van der Waals surface area contributed by atoms with Crippen molar-refractivity contribution in [1.29, 1.82) is 0 Å². The van der Waals surface area contributed by atoms with Gasteiger partial charge in [-0.1, -0.05) is 34.1 Å². The minimum absolute atomic E-state index is 0.0539. The molecule has 4 rings (SSSR count). The molecule has 3 aromatic rings. The molecule has 0 bridgehead atoms. The lowest BCUT2D eigenvalue weighted by Gasteiger charge is -2.30. The highest BCUT2D eigenvalue weighted by Crippen LogP contribution is 2.51. The monoisotopic (exact) mass is 542 g/mol. The molecule has 4 nitrogen and oxygen atoms in total. The summed E-state index contributed by atoms with van der Waals surface area (Å²) >= 11 is 0. The predicted octanol–water partition coefficient (Wildman–Crippen LogP) is 8.70. The number of aliphatic carboxylic acids is 1. The van der Waals surface area contributed by atoms with Crippen LogP contribution >= 0.6 is 0 Å². The number of aryl methyl sites for hydroxylation is 1. The molecule has 0 heterocycles. The van der Waals surface area contributed by atoms with Crippen molar-refractivity contribution in [3.8, 4) is 22.6 Å². The van der Waals surface area contributed by atoms with Crippen LogP contribution in [0, 0.1) is 22.9 Å². The molecule has 1 saturated carbocycles. The summed E-state index contributed by atoms with van der Waals surface area (Å²) in [6, 6.07) is 11.5. The summed E-state index contributed by atoms with van der Waals surface area (Å²) in [6.07, 6.45) is 2.93. The number of carboxylic acids is 1. The van der Waals surface area contributed by atoms with Crippen LogP contribution in [0.5, 0.6) is 11.5 Å². The predicted molar refractivity (Wildman–Crippen MR) is 147 cm³/mol. The summed E-state index contributed by atoms with van der Waals surface area (Å²) in [7, 11) is 1.50. The summed E-state index contributed by atoms with van der Waals surface area (Å²) in [4.78, 5) is 10.9. The van der Waals surface area contributed by atoms with Crippen molar-refractivity contribution in [2.45, 2.75) is 72.3 Å². The van der Waals surface area contributed by atoms with Crippen molar-refractivity contribution >= 4 is 5.97 Å². The van der Waals surface area contributed by atoms with Crippen LogP contribution in [0.3, 0.4) is 0 Å². The van der Waals surface area contributed by atoms with Gasteiger partial charge in [0.25, 0.3) is 0 Å². The van der Waals surface area contributed by atoms with Crippen LogP contribution in [-0.4, -0.2) is 18.2 Å². The molecule has 1 unspecified atom stereocenters. The Morgan fingerprint density at radius 3 is 2.36 bits per heavy atom. The lowest BCUT2D eigenvalue weighted by molar-refractivity contribution is -0.136. The molecule has 1 N–H and O–H groups in total. The molecule has 0 aliphatic heterocycles. The van der Waals surface area contributed by atoms with E-state index in [-0.39, 0.29) is 47.7 Å². The molecule has 3 aromatic carbocycles. The molecule has 1 fully saturated rings. The van der Waals surface area contributed by atoms with Crippen molar-refractivity contribution in [3.05, 3.63) is 82.7 Å². The van der Waals surface area contributed by atoms with Crippen molar-refractivity contribution in [2.75, 3.05) is 7.11 Å². The fraction of sp³-hybridized carbons (Fsp3) is 0.406. The van der Waals surface area contributed by atoms with Gasteiger partial charge in [-0.3, -0.25) is 4.79 Å². The van der Waals surface area contributed by atoms with Crippen LogP contribution in [0.15, 0.2) is 48.5 Å². The molecule has 0 amide bonds. The van der Waals surface area contributed by atoms with Crippen LogP contribution < -0.4 is 9.47 Å². The summed E-state index contributed by atoms with van der Waals surface area (Å²) in [5.41, 5.74) is 2.31. The highest BCUT2D eigenvalue weighted by atomic mass is 19.1. The summed E-state index contributed by atoms with van der Waals surface area (Å²) in [6.45, 7) is 8.18. The molecule has 0 saturated heterocycles. The van der Waals surface area contributed by atoms with E-state index in [4.69, 9.17) is 14.6 Å². The van der Waals surface area contributed by atoms with Gasteiger partial charge in [0.15, 0.2) is 0 Å². The maximum absolute atomic E-state index is 15.4. The van der Waals surface area contributed by atoms with Crippen molar-refractivity contribution in [2.24, 2.45) is 5.41 Å². The Bertz CT molecular complexity index is 1300. The number of carboxylic acid groups (broad SMARTS) is 1. The van der Waals surface area contributed by atoms with Gasteiger partial charge in [-0.25, -0.2) is 13.2 Å². The Morgan fingerprint density at radius 2 is 1.72 bits per heavy atom. The second-order valence-electron chi connectivity index (χ2n) is 10.3. The number of methoxy groups -OCH3 is 1. The Morgan fingerprint density at radius 1 is 0.974 bits per heavy atom. The zero-order chi connectivity index (χ0) is 28.7. The molecule has 1 aliphatic carbocycles. The number of halogens is 3. The van der Waals surface area contributed by atoms with E-state index in [1.165, 1.54) is 37.4 Å². The zero-order valence-corrected chi connectivity index (χ0v) is 23.2. The molecule has 0 spiro atoms. The number of ether oxygens (including phenoxy) is 2. The summed E-state index contributed by atoms with van der Waals surface area (Å²) in [5, 5.41) is 8.90. The first-order chi connectivity index (χ1) is 18.6. The van der Waals surface area contributed by atoms with Gasteiger partial charge >= 0.3 is 5.97 Å². The maximum Gasteiger partial charge on any atom is 0.303 e. The quantitative estimate of drug-likeness (QED) is 0.294. The van der Waals surface area contributed by atoms with Gasteiger partial charge in [0.1, 0.15) is 35.6 Å². The molecule has 0 aromatic heterocycles. The molecule has 0 radical (unpaired) electrons. The number of carbonyl (C=O) groups is 1. The zero-order valence-electron chi connectivity index (χ0n) is 23.2. The van der Waals surface area contributed by atoms with Crippen molar-refractivity contribution in [3.63, 3.8) is 0 Å². The van der Waals surface area contributed by atoms with E-state index in [1.807, 2.05) is 13.8 Å². The highest BCUT2D eigenvalue weighted by Gasteiger charge is 2.37. The number of hydrogen-bond acceptors (Lipinski definition) is 3. The van der Waals surface area contributed by atoms with E-state index in [9.17, 15) is 13.6 Å². The lowest BCUT2D eigenvalue weighted by atomic mass is 9.75. The summed E-state index contributed by atoms with van der Waals surface area (Å²) in [5.74, 6) is -1.81. The third-order valence-corrected chi connectivity index (χ3v) is 7.27. The van der Waals surface area contributed by atoms with Crippen LogP contribution in [0.25, 0.3) is 11.1 Å². The lowest BCUT2D eigenvalue weighted by Crippen LogP contribution is -2.17. The average Bonchev–Trinajstić information content (AvgIpc) is 3.26. The Kier molecular flexibility index (Phi) is 10.1. The van der Waals surface area contributed by atoms with Crippen molar-refractivity contribution < 1.29 is 32.5 Å². The van der Waals surface area contributed by atoms with Gasteiger partial charge in [0.2, 0.25) is 0 Å². The van der Waals surface area contributed by atoms with Gasteiger partial charge < -0.3 is 14.6 Å². The molecule has 1 aliphatic rings. The Labute approximate surface area is 228 Å². The van der Waals surface area contributed by atoms with Crippen LogP contribution in [0.4, 0.5) is 13.2 Å². The number of benzene rings is 3. The Hall–Kier alpha value is -3.48. The SMILES string of the molecule is CC.COc1ccc(F)c(-c2cc(F)c(COc3cc(F)cc(CCC(=O)O)c3)cc2C2CCCC2(C)C)c1. The topological polar surface area (TPSA) is 55.8 Å².